The van der Waals surface area contributed by atoms with Gasteiger partial charge in [0.15, 0.2) is 6.10 Å². The largest absolute Gasteiger partial charge is 0.756 e. The van der Waals surface area contributed by atoms with Crippen molar-refractivity contribution in [2.24, 2.45) is 0 Å². The van der Waals surface area contributed by atoms with Crippen molar-refractivity contribution >= 4 is 19.8 Å². The van der Waals surface area contributed by atoms with E-state index in [0.717, 1.165) is 64.2 Å². The van der Waals surface area contributed by atoms with Crippen LogP contribution in [0.4, 0.5) is 0 Å². The van der Waals surface area contributed by atoms with E-state index in [-0.39, 0.29) is 26.1 Å². The number of rotatable bonds is 45. The third kappa shape index (κ3) is 45.7. The van der Waals surface area contributed by atoms with E-state index in [1.54, 1.807) is 0 Å². The molecule has 0 N–H and O–H groups in total. The number of carbonyl (C=O) groups excluding carboxylic acids is 2. The molecule has 9 nitrogen and oxygen atoms in total. The maximum Gasteiger partial charge on any atom is 0.306 e. The molecule has 0 fully saturated rings. The smallest absolute Gasteiger partial charge is 0.306 e. The molecular formula is C50H94NO8P. The van der Waals surface area contributed by atoms with Crippen LogP contribution in [0.25, 0.3) is 0 Å². The highest BCUT2D eigenvalue weighted by atomic mass is 31.2. The Morgan fingerprint density at radius 2 is 0.900 bits per heavy atom. The Morgan fingerprint density at radius 1 is 0.517 bits per heavy atom. The summed E-state index contributed by atoms with van der Waals surface area (Å²) in [6.45, 7) is 4.21. The molecule has 0 aliphatic heterocycles. The lowest BCUT2D eigenvalue weighted by Crippen LogP contribution is -2.37. The number of allylic oxidation sites excluding steroid dienone is 6. The number of esters is 2. The lowest BCUT2D eigenvalue weighted by molar-refractivity contribution is -0.870. The minimum atomic E-state index is -4.63. The van der Waals surface area contributed by atoms with Crippen LogP contribution in [0.2, 0.25) is 0 Å². The first-order chi connectivity index (χ1) is 29.0. The zero-order chi connectivity index (χ0) is 44.3. The van der Waals surface area contributed by atoms with Crippen molar-refractivity contribution in [2.45, 2.75) is 225 Å². The molecule has 0 radical (unpaired) electrons. The van der Waals surface area contributed by atoms with Gasteiger partial charge in [-0.1, -0.05) is 172 Å². The van der Waals surface area contributed by atoms with Crippen molar-refractivity contribution in [3.8, 4) is 0 Å². The van der Waals surface area contributed by atoms with Crippen LogP contribution >= 0.6 is 7.82 Å². The maximum absolute atomic E-state index is 12.7. The Balaban J connectivity index is 4.30. The monoisotopic (exact) mass is 868 g/mol. The van der Waals surface area contributed by atoms with E-state index < -0.39 is 32.5 Å². The number of phosphoric ester groups is 1. The number of likely N-dealkylation sites (N-methyl/N-ethyl adjacent to an activating group) is 1. The SMILES string of the molecule is CCCCC/C=C\C/C=C\CCCCCCCCCC(=O)OC[C@H](COP(=O)([O-])OCC[N+](C)(C)C)OC(=O)CCCCCCCCC/C=C\CCCCCCCCCC. The standard InChI is InChI=1S/C50H94NO8P/c1-6-8-10-12-14-16-18-20-22-24-25-27-29-31-33-35-37-39-41-43-50(53)59-48(47-58-60(54,55)57-45-44-51(3,4)5)46-56-49(52)42-40-38-36-34-32-30-28-26-23-21-19-17-15-13-11-9-7-2/h15,17,21,23-25,48H,6-14,16,18-20,22,26-47H2,1-5H3/b17-15-,23-21-,25-24-/t48-/m1/s1. The van der Waals surface area contributed by atoms with Crippen molar-refractivity contribution in [1.82, 2.24) is 0 Å². The predicted octanol–water partition coefficient (Wildman–Crippen LogP) is 13.8. The second-order valence-corrected chi connectivity index (χ2v) is 19.2. The molecule has 0 aliphatic carbocycles. The van der Waals surface area contributed by atoms with Gasteiger partial charge in [-0.25, -0.2) is 0 Å². The zero-order valence-corrected chi connectivity index (χ0v) is 40.6. The first-order valence-corrected chi connectivity index (χ1v) is 26.2. The van der Waals surface area contributed by atoms with Crippen LogP contribution in [0.1, 0.15) is 219 Å². The summed E-state index contributed by atoms with van der Waals surface area (Å²) < 4.78 is 34.0. The quantitative estimate of drug-likeness (QED) is 0.0196. The molecule has 2 atom stereocenters. The number of quaternary nitrogens is 1. The van der Waals surface area contributed by atoms with E-state index in [9.17, 15) is 19.0 Å². The second kappa shape index (κ2) is 42.5. The summed E-state index contributed by atoms with van der Waals surface area (Å²) in [5, 5.41) is 0. The Bertz CT molecular complexity index is 1120. The van der Waals surface area contributed by atoms with Crippen molar-refractivity contribution in [1.29, 1.82) is 0 Å². The van der Waals surface area contributed by atoms with Crippen molar-refractivity contribution in [2.75, 3.05) is 47.5 Å². The number of hydrogen-bond donors (Lipinski definition) is 0. The molecule has 0 aliphatic rings. The molecule has 10 heteroatoms. The summed E-state index contributed by atoms with van der Waals surface area (Å²) in [6.07, 6.45) is 48.8. The third-order valence-electron chi connectivity index (χ3n) is 10.6. The lowest BCUT2D eigenvalue weighted by atomic mass is 10.1. The highest BCUT2D eigenvalue weighted by molar-refractivity contribution is 7.45. The molecule has 0 bridgehead atoms. The minimum Gasteiger partial charge on any atom is -0.756 e. The minimum absolute atomic E-state index is 0.0329. The van der Waals surface area contributed by atoms with E-state index >= 15 is 0 Å². The summed E-state index contributed by atoms with van der Waals surface area (Å²) in [5.41, 5.74) is 0. The zero-order valence-electron chi connectivity index (χ0n) is 39.7. The van der Waals surface area contributed by atoms with Gasteiger partial charge in [0.2, 0.25) is 0 Å². The fraction of sp³-hybridized carbons (Fsp3) is 0.840. The van der Waals surface area contributed by atoms with Gasteiger partial charge >= 0.3 is 11.9 Å². The summed E-state index contributed by atoms with van der Waals surface area (Å²) in [5.74, 6) is -0.843. The van der Waals surface area contributed by atoms with Crippen LogP contribution in [0.5, 0.6) is 0 Å². The number of nitrogens with zero attached hydrogens (tertiary/aromatic N) is 1. The molecule has 0 aromatic carbocycles. The highest BCUT2D eigenvalue weighted by Gasteiger charge is 2.21. The molecule has 0 rings (SSSR count). The lowest BCUT2D eigenvalue weighted by Gasteiger charge is -2.28. The van der Waals surface area contributed by atoms with Gasteiger partial charge in [-0.3, -0.25) is 14.2 Å². The average molecular weight is 868 g/mol. The van der Waals surface area contributed by atoms with Crippen molar-refractivity contribution in [3.63, 3.8) is 0 Å². The van der Waals surface area contributed by atoms with Crippen LogP contribution in [0.3, 0.4) is 0 Å². The van der Waals surface area contributed by atoms with Gasteiger partial charge in [0, 0.05) is 12.8 Å². The van der Waals surface area contributed by atoms with Gasteiger partial charge < -0.3 is 27.9 Å². The number of phosphoric acid groups is 1. The summed E-state index contributed by atoms with van der Waals surface area (Å²) in [6, 6.07) is 0. The predicted molar refractivity (Wildman–Crippen MR) is 250 cm³/mol. The van der Waals surface area contributed by atoms with E-state index in [0.29, 0.717) is 17.4 Å². The third-order valence-corrected chi connectivity index (χ3v) is 11.6. The van der Waals surface area contributed by atoms with Gasteiger partial charge in [-0.2, -0.15) is 0 Å². The molecule has 352 valence electrons. The molecule has 0 aromatic rings. The second-order valence-electron chi connectivity index (χ2n) is 17.8. The van der Waals surface area contributed by atoms with Gasteiger partial charge in [0.25, 0.3) is 7.82 Å². The van der Waals surface area contributed by atoms with Gasteiger partial charge in [0.1, 0.15) is 19.8 Å². The Kier molecular flexibility index (Phi) is 41.3. The Morgan fingerprint density at radius 3 is 1.37 bits per heavy atom. The van der Waals surface area contributed by atoms with Crippen LogP contribution in [0.15, 0.2) is 36.5 Å². The molecule has 0 amide bonds. The van der Waals surface area contributed by atoms with Crippen LogP contribution in [0, 0.1) is 0 Å². The number of ether oxygens (including phenoxy) is 2. The normalized spacial score (nSPS) is 13.8. The van der Waals surface area contributed by atoms with Crippen molar-refractivity contribution in [3.05, 3.63) is 36.5 Å². The Hall–Kier alpha value is -1.77. The van der Waals surface area contributed by atoms with Crippen LogP contribution < -0.4 is 4.89 Å². The topological polar surface area (TPSA) is 111 Å². The fourth-order valence-electron chi connectivity index (χ4n) is 6.74. The summed E-state index contributed by atoms with van der Waals surface area (Å²) in [4.78, 5) is 37.7. The summed E-state index contributed by atoms with van der Waals surface area (Å²) in [7, 11) is 1.16. The van der Waals surface area contributed by atoms with E-state index in [4.69, 9.17) is 18.5 Å². The molecule has 60 heavy (non-hydrogen) atoms. The molecular weight excluding hydrogens is 774 g/mol. The molecule has 0 spiro atoms. The van der Waals surface area contributed by atoms with E-state index in [1.165, 1.54) is 122 Å². The number of unbranched alkanes of at least 4 members (excludes halogenated alkanes) is 25. The number of carbonyl (C=O) groups is 2. The molecule has 0 saturated carbocycles. The van der Waals surface area contributed by atoms with E-state index in [2.05, 4.69) is 50.3 Å². The first kappa shape index (κ1) is 58.2. The fourth-order valence-corrected chi connectivity index (χ4v) is 7.47. The number of hydrogen-bond acceptors (Lipinski definition) is 8. The van der Waals surface area contributed by atoms with E-state index in [1.807, 2.05) is 21.1 Å². The first-order valence-electron chi connectivity index (χ1n) is 24.7. The van der Waals surface area contributed by atoms with Crippen LogP contribution in [-0.4, -0.2) is 70.0 Å². The summed E-state index contributed by atoms with van der Waals surface area (Å²) >= 11 is 0. The molecule has 0 saturated heterocycles. The maximum atomic E-state index is 12.7. The average Bonchev–Trinajstić information content (AvgIpc) is 3.20. The van der Waals surface area contributed by atoms with Gasteiger partial charge in [0.05, 0.1) is 27.7 Å². The molecule has 1 unspecified atom stereocenters. The van der Waals surface area contributed by atoms with Gasteiger partial charge in [-0.05, 0) is 70.6 Å². The molecule has 0 aromatic heterocycles. The highest BCUT2D eigenvalue weighted by Crippen LogP contribution is 2.38. The van der Waals surface area contributed by atoms with Crippen LogP contribution in [-0.2, 0) is 32.7 Å². The molecule has 0 heterocycles. The van der Waals surface area contributed by atoms with Crippen molar-refractivity contribution < 1.29 is 42.1 Å². The Labute approximate surface area is 370 Å². The van der Waals surface area contributed by atoms with Gasteiger partial charge in [-0.15, -0.1) is 0 Å².